The van der Waals surface area contributed by atoms with Crippen LogP contribution in [0.5, 0.6) is 0 Å². The van der Waals surface area contributed by atoms with Crippen LogP contribution < -0.4 is 4.90 Å². The number of carbonyl (C=O) groups is 1. The van der Waals surface area contributed by atoms with Gasteiger partial charge in [-0.1, -0.05) is 24.3 Å². The van der Waals surface area contributed by atoms with Gasteiger partial charge in [-0.05, 0) is 18.6 Å². The number of anilines is 1. The van der Waals surface area contributed by atoms with Crippen LogP contribution in [-0.4, -0.2) is 12.5 Å². The van der Waals surface area contributed by atoms with E-state index in [0.717, 1.165) is 11.3 Å². The quantitative estimate of drug-likeness (QED) is 0.611. The molecule has 0 aromatic heterocycles. The van der Waals surface area contributed by atoms with Crippen LogP contribution in [0.15, 0.2) is 30.3 Å². The second-order valence-corrected chi connectivity index (χ2v) is 3.53. The number of rotatable bonds is 0. The summed E-state index contributed by atoms with van der Waals surface area (Å²) in [6, 6.07) is 8.01. The average Bonchev–Trinajstić information content (AvgIpc) is 2.18. The summed E-state index contributed by atoms with van der Waals surface area (Å²) in [5, 5.41) is 0. The molecule has 1 aliphatic rings. The third-order valence-corrected chi connectivity index (χ3v) is 2.58. The number of fused-ring (bicyclic) bond motifs is 1. The first kappa shape index (κ1) is 9.00. The lowest BCUT2D eigenvalue weighted by atomic mass is 10.0. The van der Waals surface area contributed by atoms with E-state index in [2.05, 4.69) is 19.1 Å². The van der Waals surface area contributed by atoms with Gasteiger partial charge in [-0.2, -0.15) is 0 Å². The highest BCUT2D eigenvalue weighted by atomic mass is 16.2. The Kier molecular flexibility index (Phi) is 2.12. The van der Waals surface area contributed by atoms with Crippen molar-refractivity contribution >= 4 is 17.2 Å². The highest BCUT2D eigenvalue weighted by Gasteiger charge is 2.18. The van der Waals surface area contributed by atoms with Crippen molar-refractivity contribution < 1.29 is 4.79 Å². The van der Waals surface area contributed by atoms with Crippen molar-refractivity contribution in [2.45, 2.75) is 13.8 Å². The minimum Gasteiger partial charge on any atom is -0.308 e. The number of allylic oxidation sites excluding steroid dienone is 1. The summed E-state index contributed by atoms with van der Waals surface area (Å²) >= 11 is 0. The molecule has 0 radical (unpaired) electrons. The van der Waals surface area contributed by atoms with Gasteiger partial charge in [-0.25, -0.2) is 0 Å². The predicted octanol–water partition coefficient (Wildman–Crippen LogP) is 2.46. The molecule has 1 aliphatic heterocycles. The molecular weight excluding hydrogens is 174 g/mol. The van der Waals surface area contributed by atoms with E-state index in [1.54, 1.807) is 11.8 Å². The molecule has 2 rings (SSSR count). The van der Waals surface area contributed by atoms with Crippen molar-refractivity contribution in [3.05, 3.63) is 35.9 Å². The van der Waals surface area contributed by atoms with Gasteiger partial charge in [0.25, 0.3) is 0 Å². The van der Waals surface area contributed by atoms with Crippen molar-refractivity contribution in [3.8, 4) is 0 Å². The molecule has 2 heteroatoms. The van der Waals surface area contributed by atoms with E-state index in [1.165, 1.54) is 5.57 Å². The average molecular weight is 187 g/mol. The van der Waals surface area contributed by atoms with Gasteiger partial charge in [0.15, 0.2) is 0 Å². The van der Waals surface area contributed by atoms with Gasteiger partial charge in [0.05, 0.1) is 5.69 Å². The van der Waals surface area contributed by atoms with Crippen LogP contribution in [0.2, 0.25) is 0 Å². The fourth-order valence-electron chi connectivity index (χ4n) is 1.78. The molecule has 1 aromatic rings. The minimum atomic E-state index is 0.0983. The Morgan fingerprint density at radius 1 is 1.36 bits per heavy atom. The fourth-order valence-corrected chi connectivity index (χ4v) is 1.78. The van der Waals surface area contributed by atoms with Crippen molar-refractivity contribution in [2.24, 2.45) is 0 Å². The van der Waals surface area contributed by atoms with Gasteiger partial charge < -0.3 is 4.90 Å². The van der Waals surface area contributed by atoms with E-state index in [0.29, 0.717) is 6.54 Å². The van der Waals surface area contributed by atoms with E-state index in [-0.39, 0.29) is 5.91 Å². The zero-order chi connectivity index (χ0) is 10.1. The normalized spacial score (nSPS) is 14.7. The summed E-state index contributed by atoms with van der Waals surface area (Å²) in [5.41, 5.74) is 3.44. The van der Waals surface area contributed by atoms with Crippen LogP contribution in [0.1, 0.15) is 19.4 Å². The molecule has 1 heterocycles. The number of para-hydroxylation sites is 1. The van der Waals surface area contributed by atoms with Crippen LogP contribution in [0.4, 0.5) is 5.69 Å². The third-order valence-electron chi connectivity index (χ3n) is 2.58. The van der Waals surface area contributed by atoms with Crippen molar-refractivity contribution in [1.29, 1.82) is 0 Å². The Bertz CT molecular complexity index is 407. The molecule has 0 unspecified atom stereocenters. The molecular formula is C12H13NO. The Hall–Kier alpha value is -1.57. The fraction of sp³-hybridized carbons (Fsp3) is 0.250. The number of carbonyl (C=O) groups excluding carboxylic acids is 1. The molecule has 0 N–H and O–H groups in total. The van der Waals surface area contributed by atoms with E-state index >= 15 is 0 Å². The third kappa shape index (κ3) is 1.33. The Labute approximate surface area is 83.8 Å². The summed E-state index contributed by atoms with van der Waals surface area (Å²) in [7, 11) is 0. The van der Waals surface area contributed by atoms with E-state index in [9.17, 15) is 4.79 Å². The highest BCUT2D eigenvalue weighted by Crippen LogP contribution is 2.30. The first-order valence-corrected chi connectivity index (χ1v) is 4.74. The van der Waals surface area contributed by atoms with E-state index < -0.39 is 0 Å². The molecule has 0 bridgehead atoms. The second-order valence-electron chi connectivity index (χ2n) is 3.53. The lowest BCUT2D eigenvalue weighted by Gasteiger charge is -2.27. The maximum absolute atomic E-state index is 11.4. The second kappa shape index (κ2) is 3.29. The molecule has 0 aliphatic carbocycles. The molecule has 72 valence electrons. The molecule has 0 spiro atoms. The monoisotopic (exact) mass is 187 g/mol. The summed E-state index contributed by atoms with van der Waals surface area (Å²) in [6.45, 7) is 4.37. The topological polar surface area (TPSA) is 20.3 Å². The number of hydrogen-bond donors (Lipinski definition) is 0. The number of amides is 1. The summed E-state index contributed by atoms with van der Waals surface area (Å²) in [6.07, 6.45) is 2.09. The van der Waals surface area contributed by atoms with Crippen LogP contribution in [0.3, 0.4) is 0 Å². The summed E-state index contributed by atoms with van der Waals surface area (Å²) < 4.78 is 0. The molecule has 0 saturated carbocycles. The standard InChI is InChI=1S/C12H13NO/c1-9-7-8-13(10(2)14)12-6-4-3-5-11(9)12/h3-7H,8H2,1-2H3. The van der Waals surface area contributed by atoms with E-state index in [1.807, 2.05) is 18.2 Å². The Balaban J connectivity index is 2.54. The molecule has 2 nitrogen and oxygen atoms in total. The van der Waals surface area contributed by atoms with Crippen LogP contribution in [0.25, 0.3) is 5.57 Å². The number of nitrogens with zero attached hydrogens (tertiary/aromatic N) is 1. The zero-order valence-electron chi connectivity index (χ0n) is 8.45. The van der Waals surface area contributed by atoms with E-state index in [4.69, 9.17) is 0 Å². The smallest absolute Gasteiger partial charge is 0.224 e. The van der Waals surface area contributed by atoms with Crippen molar-refractivity contribution in [1.82, 2.24) is 0 Å². The zero-order valence-corrected chi connectivity index (χ0v) is 8.45. The van der Waals surface area contributed by atoms with Crippen LogP contribution in [-0.2, 0) is 4.79 Å². The van der Waals surface area contributed by atoms with Crippen molar-refractivity contribution in [3.63, 3.8) is 0 Å². The number of hydrogen-bond acceptors (Lipinski definition) is 1. The first-order chi connectivity index (χ1) is 6.70. The summed E-state index contributed by atoms with van der Waals surface area (Å²) in [4.78, 5) is 13.2. The lowest BCUT2D eigenvalue weighted by molar-refractivity contribution is -0.116. The summed E-state index contributed by atoms with van der Waals surface area (Å²) in [5.74, 6) is 0.0983. The molecule has 1 aromatic carbocycles. The van der Waals surface area contributed by atoms with Gasteiger partial charge in [0.2, 0.25) is 5.91 Å². The molecule has 0 atom stereocenters. The molecule has 0 saturated heterocycles. The van der Waals surface area contributed by atoms with Gasteiger partial charge in [-0.3, -0.25) is 4.79 Å². The molecule has 1 amide bonds. The van der Waals surface area contributed by atoms with Gasteiger partial charge in [0.1, 0.15) is 0 Å². The molecule has 14 heavy (non-hydrogen) atoms. The SMILES string of the molecule is CC(=O)N1CC=C(C)c2ccccc21. The number of benzene rings is 1. The highest BCUT2D eigenvalue weighted by molar-refractivity contribution is 5.97. The minimum absolute atomic E-state index is 0.0983. The van der Waals surface area contributed by atoms with Gasteiger partial charge in [0, 0.05) is 19.0 Å². The molecule has 0 fully saturated rings. The van der Waals surface area contributed by atoms with Gasteiger partial charge >= 0.3 is 0 Å². The largest absolute Gasteiger partial charge is 0.308 e. The Morgan fingerprint density at radius 2 is 2.07 bits per heavy atom. The first-order valence-electron chi connectivity index (χ1n) is 4.74. The predicted molar refractivity (Wildman–Crippen MR) is 58.1 cm³/mol. The maximum Gasteiger partial charge on any atom is 0.224 e. The van der Waals surface area contributed by atoms with Crippen LogP contribution in [0, 0.1) is 0 Å². The van der Waals surface area contributed by atoms with Crippen LogP contribution >= 0.6 is 0 Å². The lowest BCUT2D eigenvalue weighted by Crippen LogP contribution is -2.31. The van der Waals surface area contributed by atoms with Crippen molar-refractivity contribution in [2.75, 3.05) is 11.4 Å². The Morgan fingerprint density at radius 3 is 2.79 bits per heavy atom. The maximum atomic E-state index is 11.4. The van der Waals surface area contributed by atoms with Gasteiger partial charge in [-0.15, -0.1) is 0 Å².